The Balaban J connectivity index is 2.80. The molecule has 0 saturated heterocycles. The lowest BCUT2D eigenvalue weighted by Gasteiger charge is -2.29. The number of hydrogen-bond acceptors (Lipinski definition) is 5. The Labute approximate surface area is 198 Å². The Morgan fingerprint density at radius 1 is 0.939 bits per heavy atom. The fourth-order valence-electron chi connectivity index (χ4n) is 3.50. The van der Waals surface area contributed by atoms with Crippen molar-refractivity contribution < 1.29 is 23.7 Å². The number of carbonyl (C=O) groups excluding carboxylic acids is 1. The van der Waals surface area contributed by atoms with Crippen LogP contribution in [0.2, 0.25) is 0 Å². The molecule has 0 radical (unpaired) electrons. The predicted octanol–water partition coefficient (Wildman–Crippen LogP) is 6.52. The number of rotatable bonds is 8. The Hall–Kier alpha value is -2.79. The van der Waals surface area contributed by atoms with Gasteiger partial charge >= 0.3 is 5.97 Å². The van der Waals surface area contributed by atoms with Crippen molar-refractivity contribution in [3.8, 4) is 22.6 Å². The maximum absolute atomic E-state index is 11.8. The molecule has 0 saturated carbocycles. The van der Waals surface area contributed by atoms with Gasteiger partial charge in [-0.15, -0.1) is 0 Å². The third-order valence-corrected chi connectivity index (χ3v) is 5.29. The first-order valence-corrected chi connectivity index (χ1v) is 11.3. The number of carbonyl (C=O) groups is 1. The third-order valence-electron chi connectivity index (χ3n) is 5.29. The van der Waals surface area contributed by atoms with Crippen LogP contribution < -0.4 is 9.47 Å². The van der Waals surface area contributed by atoms with E-state index in [-0.39, 0.29) is 23.6 Å². The van der Waals surface area contributed by atoms with Crippen LogP contribution in [0, 0.1) is 0 Å². The minimum absolute atomic E-state index is 0.0595. The zero-order valence-corrected chi connectivity index (χ0v) is 21.5. The van der Waals surface area contributed by atoms with E-state index in [4.69, 9.17) is 18.9 Å². The Kier molecular flexibility index (Phi) is 8.73. The van der Waals surface area contributed by atoms with Crippen molar-refractivity contribution in [3.63, 3.8) is 0 Å². The summed E-state index contributed by atoms with van der Waals surface area (Å²) in [4.78, 5) is 11.8. The molecule has 0 N–H and O–H groups in total. The maximum atomic E-state index is 11.8. The number of methoxy groups -OCH3 is 2. The molecule has 180 valence electrons. The smallest absolute Gasteiger partial charge is 0.330 e. The van der Waals surface area contributed by atoms with Crippen molar-refractivity contribution in [2.45, 2.75) is 59.3 Å². The molecule has 0 fully saturated rings. The van der Waals surface area contributed by atoms with Crippen LogP contribution in [0.25, 0.3) is 17.2 Å². The highest BCUT2D eigenvalue weighted by molar-refractivity contribution is 5.88. The van der Waals surface area contributed by atoms with Crippen LogP contribution in [0.15, 0.2) is 36.4 Å². The second-order valence-corrected chi connectivity index (χ2v) is 10.00. The fourth-order valence-corrected chi connectivity index (χ4v) is 3.50. The van der Waals surface area contributed by atoms with E-state index in [1.807, 2.05) is 18.2 Å². The second-order valence-electron chi connectivity index (χ2n) is 10.00. The molecule has 0 aliphatic rings. The molecule has 5 nitrogen and oxygen atoms in total. The van der Waals surface area contributed by atoms with Gasteiger partial charge in [-0.1, -0.05) is 53.7 Å². The molecule has 2 rings (SSSR count). The molecule has 0 atom stereocenters. The van der Waals surface area contributed by atoms with Crippen LogP contribution in [0.4, 0.5) is 0 Å². The standard InChI is InChI=1S/C28H38O5/c1-10-32-25(29)14-12-19-11-13-24(33-18-30-8)21(15-19)22-16-20(27(2,3)4)17-23(26(22)31-9)28(5,6)7/h11-17H,10,18H2,1-9H3. The molecule has 0 amide bonds. The van der Waals surface area contributed by atoms with Crippen LogP contribution in [0.3, 0.4) is 0 Å². The lowest BCUT2D eigenvalue weighted by molar-refractivity contribution is -0.137. The summed E-state index contributed by atoms with van der Waals surface area (Å²) in [5.74, 6) is 1.11. The van der Waals surface area contributed by atoms with Crippen molar-refractivity contribution in [1.29, 1.82) is 0 Å². The van der Waals surface area contributed by atoms with Gasteiger partial charge in [-0.25, -0.2) is 4.79 Å². The van der Waals surface area contributed by atoms with Gasteiger partial charge in [0.2, 0.25) is 0 Å². The minimum atomic E-state index is -0.374. The first-order valence-electron chi connectivity index (χ1n) is 11.3. The highest BCUT2D eigenvalue weighted by Crippen LogP contribution is 2.45. The minimum Gasteiger partial charge on any atom is -0.496 e. The first-order chi connectivity index (χ1) is 15.4. The van der Waals surface area contributed by atoms with Gasteiger partial charge < -0.3 is 18.9 Å². The van der Waals surface area contributed by atoms with Crippen molar-refractivity contribution in [1.82, 2.24) is 0 Å². The number of esters is 1. The summed E-state index contributed by atoms with van der Waals surface area (Å²) in [6.45, 7) is 15.4. The summed E-state index contributed by atoms with van der Waals surface area (Å²) >= 11 is 0. The van der Waals surface area contributed by atoms with E-state index < -0.39 is 0 Å². The third kappa shape index (κ3) is 6.84. The maximum Gasteiger partial charge on any atom is 0.330 e. The number of ether oxygens (including phenoxy) is 4. The Bertz CT molecular complexity index is 991. The summed E-state index contributed by atoms with van der Waals surface area (Å²) in [6.07, 6.45) is 3.17. The lowest BCUT2D eigenvalue weighted by atomic mass is 9.78. The molecular formula is C28H38O5. The first kappa shape index (κ1) is 26.5. The zero-order valence-electron chi connectivity index (χ0n) is 21.5. The molecule has 0 bridgehead atoms. The summed E-state index contributed by atoms with van der Waals surface area (Å²) in [7, 11) is 3.29. The van der Waals surface area contributed by atoms with E-state index in [0.717, 1.165) is 28.0 Å². The van der Waals surface area contributed by atoms with Gasteiger partial charge in [-0.05, 0) is 53.2 Å². The van der Waals surface area contributed by atoms with Crippen molar-refractivity contribution >= 4 is 12.0 Å². The SMILES string of the molecule is CCOC(=O)C=Cc1ccc(OCOC)c(-c2cc(C(C)(C)C)cc(C(C)(C)C)c2OC)c1. The zero-order chi connectivity index (χ0) is 24.8. The predicted molar refractivity (Wildman–Crippen MR) is 134 cm³/mol. The van der Waals surface area contributed by atoms with E-state index in [1.165, 1.54) is 11.6 Å². The molecule has 0 aromatic heterocycles. The molecule has 0 aliphatic carbocycles. The molecule has 33 heavy (non-hydrogen) atoms. The molecule has 0 heterocycles. The van der Waals surface area contributed by atoms with Crippen molar-refractivity contribution in [2.75, 3.05) is 27.6 Å². The monoisotopic (exact) mass is 454 g/mol. The van der Waals surface area contributed by atoms with Crippen molar-refractivity contribution in [2.24, 2.45) is 0 Å². The van der Waals surface area contributed by atoms with Crippen LogP contribution in [0.1, 0.15) is 65.2 Å². The van der Waals surface area contributed by atoms with Gasteiger partial charge in [0.15, 0.2) is 6.79 Å². The number of hydrogen-bond donors (Lipinski definition) is 0. The molecule has 0 spiro atoms. The summed E-state index contributed by atoms with van der Waals surface area (Å²) in [5, 5.41) is 0. The van der Waals surface area contributed by atoms with Gasteiger partial charge in [0, 0.05) is 29.9 Å². The fraction of sp³-hybridized carbons (Fsp3) is 0.464. The van der Waals surface area contributed by atoms with Gasteiger partial charge in [0.25, 0.3) is 0 Å². The average Bonchev–Trinajstić information content (AvgIpc) is 2.74. The van der Waals surface area contributed by atoms with Crippen LogP contribution in [-0.2, 0) is 25.1 Å². The van der Waals surface area contributed by atoms with Gasteiger partial charge in [-0.2, -0.15) is 0 Å². The molecule has 2 aromatic rings. The van der Waals surface area contributed by atoms with Crippen molar-refractivity contribution in [3.05, 3.63) is 53.1 Å². The largest absolute Gasteiger partial charge is 0.496 e. The van der Waals surface area contributed by atoms with Crippen LogP contribution in [-0.4, -0.2) is 33.6 Å². The van der Waals surface area contributed by atoms with Crippen LogP contribution >= 0.6 is 0 Å². The van der Waals surface area contributed by atoms with Crippen LogP contribution in [0.5, 0.6) is 11.5 Å². The molecule has 2 aromatic carbocycles. The van der Waals surface area contributed by atoms with E-state index in [0.29, 0.717) is 12.4 Å². The normalized spacial score (nSPS) is 12.2. The summed E-state index contributed by atoms with van der Waals surface area (Å²) in [6, 6.07) is 10.2. The van der Waals surface area contributed by atoms with E-state index in [9.17, 15) is 4.79 Å². The second kappa shape index (κ2) is 10.9. The molecule has 0 unspecified atom stereocenters. The topological polar surface area (TPSA) is 54.0 Å². The molecule has 0 aliphatic heterocycles. The van der Waals surface area contributed by atoms with E-state index in [1.54, 1.807) is 27.2 Å². The molecular weight excluding hydrogens is 416 g/mol. The van der Waals surface area contributed by atoms with Gasteiger partial charge in [0.1, 0.15) is 11.5 Å². The van der Waals surface area contributed by atoms with Gasteiger partial charge in [0.05, 0.1) is 13.7 Å². The summed E-state index contributed by atoms with van der Waals surface area (Å²) in [5.41, 5.74) is 4.79. The Morgan fingerprint density at radius 2 is 1.64 bits per heavy atom. The quantitative estimate of drug-likeness (QED) is 0.258. The average molecular weight is 455 g/mol. The lowest BCUT2D eigenvalue weighted by Crippen LogP contribution is -2.18. The van der Waals surface area contributed by atoms with E-state index >= 15 is 0 Å². The van der Waals surface area contributed by atoms with E-state index in [2.05, 4.69) is 53.7 Å². The highest BCUT2D eigenvalue weighted by Gasteiger charge is 2.27. The number of benzene rings is 2. The molecule has 5 heteroatoms. The van der Waals surface area contributed by atoms with Gasteiger partial charge in [-0.3, -0.25) is 0 Å². The Morgan fingerprint density at radius 3 is 2.18 bits per heavy atom. The summed E-state index contributed by atoms with van der Waals surface area (Å²) < 4.78 is 22.1. The highest BCUT2D eigenvalue weighted by atomic mass is 16.7.